The minimum Gasteiger partial charge on any atom is -0.467 e. The van der Waals surface area contributed by atoms with Crippen LogP contribution in [0.1, 0.15) is 61.1 Å². The Bertz CT molecular complexity index is 1380. The third-order valence-electron chi connectivity index (χ3n) is 8.76. The van der Waals surface area contributed by atoms with Crippen LogP contribution in [0.5, 0.6) is 6.01 Å². The predicted molar refractivity (Wildman–Crippen MR) is 156 cm³/mol. The Morgan fingerprint density at radius 3 is 2.64 bits per heavy atom. The number of piperidine rings is 1. The smallest absolute Gasteiger partial charge is 0.418 e. The number of hydrogen-bond acceptors (Lipinski definition) is 8. The second-order valence-electron chi connectivity index (χ2n) is 12.1. The molecule has 2 aromatic rings. The molecule has 0 spiro atoms. The van der Waals surface area contributed by atoms with Crippen LogP contribution in [0.3, 0.4) is 0 Å². The summed E-state index contributed by atoms with van der Waals surface area (Å²) in [7, 11) is 1.44. The number of anilines is 2. The van der Waals surface area contributed by atoms with E-state index in [2.05, 4.69) is 26.7 Å². The number of aliphatic hydroxyl groups excluding tert-OH is 1. The predicted octanol–water partition coefficient (Wildman–Crippen LogP) is 6.01. The number of methoxy groups -OCH3 is 1. The molecule has 0 radical (unpaired) electrons. The molecule has 242 valence electrons. The molecule has 8 nitrogen and oxygen atoms in total. The number of rotatable bonds is 4. The number of nitrogens with two attached hydrogens (primary N) is 1. The molecule has 3 saturated heterocycles. The van der Waals surface area contributed by atoms with Crippen LogP contribution in [-0.2, 0) is 23.9 Å². The highest BCUT2D eigenvalue weighted by Gasteiger charge is 2.40. The van der Waals surface area contributed by atoms with E-state index in [-0.39, 0.29) is 42.8 Å². The number of ether oxygens (including phenoxy) is 2. The largest absolute Gasteiger partial charge is 0.467 e. The summed E-state index contributed by atoms with van der Waals surface area (Å²) in [5.74, 6) is 1.07. The first-order valence-corrected chi connectivity index (χ1v) is 15.1. The Morgan fingerprint density at radius 1 is 1.20 bits per heavy atom. The van der Waals surface area contributed by atoms with Gasteiger partial charge in [-0.05, 0) is 61.8 Å². The number of alkyl halides is 3. The number of nitrogens with zero attached hydrogens (tertiary/aromatic N) is 4. The summed E-state index contributed by atoms with van der Waals surface area (Å²) in [5.41, 5.74) is 6.48. The lowest BCUT2D eigenvalue weighted by atomic mass is 9.90. The molecule has 4 atom stereocenters. The van der Waals surface area contributed by atoms with E-state index in [0.717, 1.165) is 32.0 Å². The molecule has 14 heteroatoms. The molecule has 0 aliphatic carbocycles. The van der Waals surface area contributed by atoms with Gasteiger partial charge in [0.1, 0.15) is 5.82 Å². The molecule has 0 amide bonds. The van der Waals surface area contributed by atoms with Crippen molar-refractivity contribution in [2.45, 2.75) is 64.0 Å². The molecule has 4 unspecified atom stereocenters. The summed E-state index contributed by atoms with van der Waals surface area (Å²) in [6, 6.07) is 2.90. The van der Waals surface area contributed by atoms with Crippen LogP contribution in [0, 0.1) is 11.8 Å². The molecule has 0 bridgehead atoms. The molecule has 5 heterocycles. The van der Waals surface area contributed by atoms with E-state index in [1.165, 1.54) is 19.6 Å². The molecule has 4 aliphatic heterocycles. The lowest BCUT2D eigenvalue weighted by Crippen LogP contribution is -2.42. The van der Waals surface area contributed by atoms with Crippen LogP contribution < -0.4 is 15.4 Å². The fourth-order valence-electron chi connectivity index (χ4n) is 6.84. The van der Waals surface area contributed by atoms with Crippen LogP contribution in [0.25, 0.3) is 0 Å². The lowest BCUT2D eigenvalue weighted by Gasteiger charge is -2.38. The Kier molecular flexibility index (Phi) is 9.88. The van der Waals surface area contributed by atoms with Gasteiger partial charge in [-0.1, -0.05) is 18.5 Å². The average molecular weight is 646 g/mol. The number of aliphatic hydroxyl groups is 1. The molecule has 1 aromatic heterocycles. The zero-order valence-corrected chi connectivity index (χ0v) is 25.4. The maximum Gasteiger partial charge on any atom is 0.418 e. The summed E-state index contributed by atoms with van der Waals surface area (Å²) in [6.45, 7) is 5.08. The summed E-state index contributed by atoms with van der Waals surface area (Å²) < 4.78 is 76.7. The summed E-state index contributed by atoms with van der Waals surface area (Å²) in [4.78, 5) is 13.2. The van der Waals surface area contributed by atoms with Crippen molar-refractivity contribution < 1.29 is 36.5 Å². The molecular formula is C30H37ClF5N5O3. The Morgan fingerprint density at radius 2 is 1.98 bits per heavy atom. The van der Waals surface area contributed by atoms with Crippen LogP contribution in [0.4, 0.5) is 33.5 Å². The molecule has 3 fully saturated rings. The van der Waals surface area contributed by atoms with Crippen LogP contribution in [-0.4, -0.2) is 65.9 Å². The Balaban J connectivity index is 0.000000291. The maximum atomic E-state index is 13.8. The highest BCUT2D eigenvalue weighted by molar-refractivity contribution is 6.31. The number of hydrogen-bond donors (Lipinski definition) is 2. The fourth-order valence-corrected chi connectivity index (χ4v) is 7.18. The first-order valence-electron chi connectivity index (χ1n) is 14.7. The standard InChI is InChI=1S/C22H26ClF3N4O3.C8H11F2N/c1-11-3-12(9-31)8-30(7-11)20-15-10-33-18(6-17(15)28-21(29-20)32-2)14-4-13(27)5-16(23)19(14)22(24,25)26;9-8(10)6-4-7-2-1-3-11(7)5-6/h4-5,11-12,18,31H,3,6-10,27H2,1-2H3;7H,1-5H2. The van der Waals surface area contributed by atoms with Crippen molar-refractivity contribution in [3.8, 4) is 6.01 Å². The molecule has 4 aliphatic rings. The van der Waals surface area contributed by atoms with Gasteiger partial charge in [-0.3, -0.25) is 4.90 Å². The van der Waals surface area contributed by atoms with E-state index in [4.69, 9.17) is 26.8 Å². The van der Waals surface area contributed by atoms with Crippen molar-refractivity contribution in [1.29, 1.82) is 0 Å². The molecule has 1 aromatic carbocycles. The fraction of sp³-hybridized carbons (Fsp3) is 0.600. The van der Waals surface area contributed by atoms with Crippen molar-refractivity contribution >= 4 is 23.1 Å². The minimum atomic E-state index is -4.67. The summed E-state index contributed by atoms with van der Waals surface area (Å²) in [5, 5.41) is 9.22. The van der Waals surface area contributed by atoms with Crippen molar-refractivity contribution in [2.24, 2.45) is 11.8 Å². The second kappa shape index (κ2) is 13.3. The van der Waals surface area contributed by atoms with Gasteiger partial charge in [-0.2, -0.15) is 31.9 Å². The third kappa shape index (κ3) is 7.05. The highest BCUT2D eigenvalue weighted by Crippen LogP contribution is 2.44. The van der Waals surface area contributed by atoms with Crippen molar-refractivity contribution in [1.82, 2.24) is 14.9 Å². The zero-order valence-electron chi connectivity index (χ0n) is 24.6. The monoisotopic (exact) mass is 645 g/mol. The molecule has 0 saturated carbocycles. The van der Waals surface area contributed by atoms with E-state index in [0.29, 0.717) is 54.1 Å². The highest BCUT2D eigenvalue weighted by atomic mass is 35.5. The van der Waals surface area contributed by atoms with Crippen LogP contribution in [0.2, 0.25) is 5.02 Å². The van der Waals surface area contributed by atoms with Gasteiger partial charge in [0, 0.05) is 55.5 Å². The topological polar surface area (TPSA) is 97.0 Å². The van der Waals surface area contributed by atoms with Crippen molar-refractivity contribution in [2.75, 3.05) is 50.5 Å². The molecular weight excluding hydrogens is 609 g/mol. The van der Waals surface area contributed by atoms with Gasteiger partial charge >= 0.3 is 12.2 Å². The van der Waals surface area contributed by atoms with Crippen LogP contribution in [0.15, 0.2) is 23.8 Å². The Hall–Kier alpha value is -2.74. The first-order chi connectivity index (χ1) is 20.9. The first kappa shape index (κ1) is 32.6. The third-order valence-corrected chi connectivity index (χ3v) is 9.06. The Labute approximate surface area is 258 Å². The van der Waals surface area contributed by atoms with E-state index < -0.39 is 28.9 Å². The number of aromatic nitrogens is 2. The number of fused-ring (bicyclic) bond motifs is 2. The van der Waals surface area contributed by atoms with Crippen molar-refractivity contribution in [3.63, 3.8) is 0 Å². The van der Waals surface area contributed by atoms with Crippen LogP contribution >= 0.6 is 11.6 Å². The zero-order chi connectivity index (χ0) is 31.8. The van der Waals surface area contributed by atoms with E-state index in [9.17, 15) is 27.1 Å². The lowest BCUT2D eigenvalue weighted by molar-refractivity contribution is -0.139. The van der Waals surface area contributed by atoms with Gasteiger partial charge in [0.05, 0.1) is 36.1 Å². The van der Waals surface area contributed by atoms with E-state index in [1.54, 1.807) is 0 Å². The van der Waals surface area contributed by atoms with Gasteiger partial charge in [0.15, 0.2) is 0 Å². The quantitative estimate of drug-likeness (QED) is 0.308. The number of nitrogen functional groups attached to an aromatic ring is 1. The molecule has 6 rings (SSSR count). The SMILES string of the molecule is COc1nc2c(c(N3CC(C)CC(CO)C3)n1)COC(c1cc(N)cc(Cl)c1C(F)(F)F)C2.FC(F)=C1CC2CCCN2C1. The number of halogens is 6. The number of benzene rings is 1. The molecule has 3 N–H and O–H groups in total. The van der Waals surface area contributed by atoms with Gasteiger partial charge < -0.3 is 25.2 Å². The normalized spacial score (nSPS) is 25.3. The van der Waals surface area contributed by atoms with E-state index >= 15 is 0 Å². The maximum absolute atomic E-state index is 13.8. The van der Waals surface area contributed by atoms with Crippen molar-refractivity contribution in [3.05, 3.63) is 51.2 Å². The summed E-state index contributed by atoms with van der Waals surface area (Å²) >= 11 is 5.93. The van der Waals surface area contributed by atoms with E-state index in [1.807, 2.05) is 0 Å². The van der Waals surface area contributed by atoms with Gasteiger partial charge in [-0.25, -0.2) is 0 Å². The van der Waals surface area contributed by atoms with Gasteiger partial charge in [0.25, 0.3) is 6.08 Å². The van der Waals surface area contributed by atoms with Gasteiger partial charge in [-0.15, -0.1) is 0 Å². The molecule has 44 heavy (non-hydrogen) atoms. The second-order valence-corrected chi connectivity index (χ2v) is 12.5. The summed E-state index contributed by atoms with van der Waals surface area (Å²) in [6.07, 6.45) is -3.15. The van der Waals surface area contributed by atoms with Gasteiger partial charge in [0.2, 0.25) is 0 Å². The average Bonchev–Trinajstić information content (AvgIpc) is 3.58. The minimum absolute atomic E-state index is 0.0255.